The van der Waals surface area contributed by atoms with Crippen LogP contribution in [0.5, 0.6) is 5.75 Å². The first-order valence-electron chi connectivity index (χ1n) is 6.55. The molecule has 1 rings (SSSR count). The molecule has 1 aromatic rings. The number of hydrogen-bond donors (Lipinski definition) is 1. The van der Waals surface area contributed by atoms with Crippen LogP contribution in [0, 0.1) is 0 Å². The van der Waals surface area contributed by atoms with Crippen molar-refractivity contribution in [2.45, 2.75) is 45.3 Å². The second kappa shape index (κ2) is 6.59. The van der Waals surface area contributed by atoms with Gasteiger partial charge in [-0.25, -0.2) is 0 Å². The van der Waals surface area contributed by atoms with Crippen molar-refractivity contribution in [1.29, 1.82) is 0 Å². The summed E-state index contributed by atoms with van der Waals surface area (Å²) in [5.74, 6) is 0.0168. The second-order valence-electron chi connectivity index (χ2n) is 4.56. The summed E-state index contributed by atoms with van der Waals surface area (Å²) in [7, 11) is -1.67. The third kappa shape index (κ3) is 3.87. The molecule has 0 bridgehead atoms. The maximum absolute atomic E-state index is 10.7. The van der Waals surface area contributed by atoms with Crippen molar-refractivity contribution in [2.75, 3.05) is 0 Å². The molecule has 0 radical (unpaired) electrons. The molecule has 0 atom stereocenters. The summed E-state index contributed by atoms with van der Waals surface area (Å²) in [5, 5.41) is 8.80. The highest BCUT2D eigenvalue weighted by Crippen LogP contribution is 2.26. The summed E-state index contributed by atoms with van der Waals surface area (Å²) in [6.45, 7) is 6.54. The molecular weight excluding hydrogens is 244 g/mol. The van der Waals surface area contributed by atoms with Crippen LogP contribution in [0.25, 0.3) is 0 Å². The van der Waals surface area contributed by atoms with Gasteiger partial charge < -0.3 is 9.53 Å². The average Bonchev–Trinajstić information content (AvgIpc) is 2.36. The van der Waals surface area contributed by atoms with E-state index in [4.69, 9.17) is 9.53 Å². The quantitative estimate of drug-likeness (QED) is 0.765. The number of carbonyl (C=O) groups is 1. The number of carboxylic acids is 1. The summed E-state index contributed by atoms with van der Waals surface area (Å²) >= 11 is 0. The van der Waals surface area contributed by atoms with Gasteiger partial charge in [-0.3, -0.25) is 4.79 Å². The van der Waals surface area contributed by atoms with Crippen molar-refractivity contribution in [3.63, 3.8) is 0 Å². The van der Waals surface area contributed by atoms with E-state index in [0.29, 0.717) is 0 Å². The fourth-order valence-corrected chi connectivity index (χ4v) is 4.67. The van der Waals surface area contributed by atoms with Crippen LogP contribution in [0.1, 0.15) is 26.3 Å². The Bertz CT molecular complexity index is 392. The maximum atomic E-state index is 10.7. The molecule has 0 aromatic heterocycles. The lowest BCUT2D eigenvalue weighted by molar-refractivity contribution is -0.136. The summed E-state index contributed by atoms with van der Waals surface area (Å²) in [6, 6.07) is 10.7. The smallest absolute Gasteiger partial charge is 0.307 e. The lowest BCUT2D eigenvalue weighted by Crippen LogP contribution is -2.39. The predicted molar refractivity (Wildman–Crippen MR) is 75.6 cm³/mol. The molecule has 0 aliphatic carbocycles. The number of benzene rings is 1. The molecule has 1 N–H and O–H groups in total. The van der Waals surface area contributed by atoms with Gasteiger partial charge in [-0.2, -0.15) is 0 Å². The van der Waals surface area contributed by atoms with Gasteiger partial charge in [0.05, 0.1) is 6.42 Å². The fraction of sp³-hybridized carbons (Fsp3) is 0.500. The molecular formula is C14H22O3Si. The van der Waals surface area contributed by atoms with Crippen LogP contribution in [0.2, 0.25) is 18.1 Å². The van der Waals surface area contributed by atoms with Crippen molar-refractivity contribution in [3.8, 4) is 5.75 Å². The summed E-state index contributed by atoms with van der Waals surface area (Å²) in [5.41, 5.74) is 0.797. The van der Waals surface area contributed by atoms with E-state index in [1.54, 1.807) is 0 Å². The minimum Gasteiger partial charge on any atom is -0.543 e. The van der Waals surface area contributed by atoms with Gasteiger partial charge in [0.15, 0.2) is 0 Å². The highest BCUT2D eigenvalue weighted by atomic mass is 28.4. The van der Waals surface area contributed by atoms with Crippen LogP contribution in [0.15, 0.2) is 24.3 Å². The van der Waals surface area contributed by atoms with E-state index in [-0.39, 0.29) is 6.42 Å². The Hall–Kier alpha value is -1.29. The third-order valence-electron chi connectivity index (χ3n) is 3.52. The Balaban J connectivity index is 2.86. The zero-order chi connectivity index (χ0) is 13.6. The molecule has 0 aliphatic rings. The highest BCUT2D eigenvalue weighted by Gasteiger charge is 2.30. The minimum atomic E-state index is -1.67. The lowest BCUT2D eigenvalue weighted by Gasteiger charge is -2.29. The SMILES string of the molecule is CC[Si](CC)(CC)Oc1cccc(CC(=O)O)c1. The van der Waals surface area contributed by atoms with Crippen molar-refractivity contribution in [1.82, 2.24) is 0 Å². The first-order valence-corrected chi connectivity index (χ1v) is 9.08. The van der Waals surface area contributed by atoms with Crippen LogP contribution in [0.4, 0.5) is 0 Å². The molecule has 0 saturated heterocycles. The number of rotatable bonds is 7. The molecule has 0 unspecified atom stereocenters. The molecule has 0 heterocycles. The van der Waals surface area contributed by atoms with E-state index in [1.165, 1.54) is 0 Å². The van der Waals surface area contributed by atoms with E-state index in [1.807, 2.05) is 24.3 Å². The topological polar surface area (TPSA) is 46.5 Å². The molecule has 1 aromatic carbocycles. The van der Waals surface area contributed by atoms with Gasteiger partial charge in [-0.15, -0.1) is 0 Å². The van der Waals surface area contributed by atoms with Gasteiger partial charge in [0.2, 0.25) is 8.32 Å². The predicted octanol–water partition coefficient (Wildman–Crippen LogP) is 3.70. The normalized spacial score (nSPS) is 11.3. The monoisotopic (exact) mass is 266 g/mol. The van der Waals surface area contributed by atoms with E-state index in [0.717, 1.165) is 29.4 Å². The van der Waals surface area contributed by atoms with Gasteiger partial charge >= 0.3 is 5.97 Å². The highest BCUT2D eigenvalue weighted by molar-refractivity contribution is 6.74. The molecule has 0 aliphatic heterocycles. The molecule has 0 saturated carbocycles. The van der Waals surface area contributed by atoms with Gasteiger partial charge in [0, 0.05) is 0 Å². The van der Waals surface area contributed by atoms with Crippen LogP contribution in [-0.4, -0.2) is 19.4 Å². The first-order chi connectivity index (χ1) is 8.55. The van der Waals surface area contributed by atoms with Crippen LogP contribution < -0.4 is 4.43 Å². The molecule has 4 heteroatoms. The molecule has 100 valence electrons. The second-order valence-corrected chi connectivity index (χ2v) is 9.26. The Kier molecular flexibility index (Phi) is 5.41. The van der Waals surface area contributed by atoms with Crippen LogP contribution in [-0.2, 0) is 11.2 Å². The first kappa shape index (κ1) is 14.8. The minimum absolute atomic E-state index is 0.0517. The number of carboxylic acid groups (broad SMARTS) is 1. The van der Waals surface area contributed by atoms with Gasteiger partial charge in [-0.1, -0.05) is 32.9 Å². The zero-order valence-electron chi connectivity index (χ0n) is 11.4. The standard InChI is InChI=1S/C14H22O3Si/c1-4-18(5-2,6-3)17-13-9-7-8-12(10-13)11-14(15)16/h7-10H,4-6,11H2,1-3H3,(H,15,16). The summed E-state index contributed by atoms with van der Waals surface area (Å²) < 4.78 is 6.22. The molecule has 18 heavy (non-hydrogen) atoms. The van der Waals surface area contributed by atoms with E-state index >= 15 is 0 Å². The molecule has 0 fully saturated rings. The van der Waals surface area contributed by atoms with Crippen LogP contribution in [0.3, 0.4) is 0 Å². The maximum Gasteiger partial charge on any atom is 0.307 e. The van der Waals surface area contributed by atoms with Crippen molar-refractivity contribution in [3.05, 3.63) is 29.8 Å². The van der Waals surface area contributed by atoms with Crippen molar-refractivity contribution >= 4 is 14.3 Å². The lowest BCUT2D eigenvalue weighted by atomic mass is 10.1. The number of aliphatic carboxylic acids is 1. The van der Waals surface area contributed by atoms with Gasteiger partial charge in [0.1, 0.15) is 5.75 Å². The summed E-state index contributed by atoms with van der Waals surface area (Å²) in [6.07, 6.45) is 0.0517. The van der Waals surface area contributed by atoms with Crippen molar-refractivity contribution in [2.24, 2.45) is 0 Å². The van der Waals surface area contributed by atoms with Gasteiger partial charge in [-0.05, 0) is 35.8 Å². The molecule has 0 spiro atoms. The van der Waals surface area contributed by atoms with Gasteiger partial charge in [0.25, 0.3) is 0 Å². The Morgan fingerprint density at radius 1 is 1.22 bits per heavy atom. The summed E-state index contributed by atoms with van der Waals surface area (Å²) in [4.78, 5) is 10.7. The Morgan fingerprint density at radius 2 is 1.83 bits per heavy atom. The molecule has 0 amide bonds. The fourth-order valence-electron chi connectivity index (χ4n) is 2.11. The largest absolute Gasteiger partial charge is 0.543 e. The van der Waals surface area contributed by atoms with E-state index in [9.17, 15) is 4.79 Å². The van der Waals surface area contributed by atoms with E-state index in [2.05, 4.69) is 20.8 Å². The number of hydrogen-bond acceptors (Lipinski definition) is 2. The third-order valence-corrected chi connectivity index (χ3v) is 8.06. The Morgan fingerprint density at radius 3 is 2.33 bits per heavy atom. The zero-order valence-corrected chi connectivity index (χ0v) is 12.4. The van der Waals surface area contributed by atoms with Crippen LogP contribution >= 0.6 is 0 Å². The molecule has 3 nitrogen and oxygen atoms in total. The van der Waals surface area contributed by atoms with E-state index < -0.39 is 14.3 Å². The Labute approximate surface area is 110 Å². The van der Waals surface area contributed by atoms with Crippen molar-refractivity contribution < 1.29 is 14.3 Å². The average molecular weight is 266 g/mol.